The summed E-state index contributed by atoms with van der Waals surface area (Å²) in [6.45, 7) is 4.21. The predicted molar refractivity (Wildman–Crippen MR) is 114 cm³/mol. The summed E-state index contributed by atoms with van der Waals surface area (Å²) >= 11 is 1.42. The van der Waals surface area contributed by atoms with Crippen LogP contribution in [0.1, 0.15) is 31.4 Å². The van der Waals surface area contributed by atoms with Gasteiger partial charge < -0.3 is 5.11 Å². The van der Waals surface area contributed by atoms with Crippen molar-refractivity contribution in [1.82, 2.24) is 0 Å². The number of hydrogen-bond donors (Lipinski definition) is 1. The number of carbonyl (C=O) groups excluding carboxylic acids is 1. The van der Waals surface area contributed by atoms with Crippen LogP contribution in [0.15, 0.2) is 64.5 Å². The Morgan fingerprint density at radius 2 is 1.81 bits per heavy atom. The molecule has 0 radical (unpaired) electrons. The van der Waals surface area contributed by atoms with Crippen molar-refractivity contribution in [3.8, 4) is 0 Å². The number of benzene rings is 2. The quantitative estimate of drug-likeness (QED) is 0.751. The minimum atomic E-state index is -0.0463. The summed E-state index contributed by atoms with van der Waals surface area (Å²) < 4.78 is 0. The third kappa shape index (κ3) is 4.87. The molecule has 0 unspecified atom stereocenters. The van der Waals surface area contributed by atoms with Gasteiger partial charge in [-0.15, -0.1) is 0 Å². The molecule has 0 spiro atoms. The van der Waals surface area contributed by atoms with Crippen molar-refractivity contribution in [3.05, 3.63) is 70.6 Å². The molecule has 0 saturated carbocycles. The molecule has 1 saturated heterocycles. The SMILES string of the molecule is CC(C)N=C1S/C(=C\c2ccc(CCCO)cc2)C(=O)N1c1ccccc1. The molecule has 0 aliphatic carbocycles. The van der Waals surface area contributed by atoms with E-state index in [1.165, 1.54) is 17.3 Å². The second-order valence-corrected chi connectivity index (χ2v) is 7.67. The highest BCUT2D eigenvalue weighted by Gasteiger charge is 2.34. The van der Waals surface area contributed by atoms with Gasteiger partial charge in [0.25, 0.3) is 5.91 Å². The lowest BCUT2D eigenvalue weighted by atomic mass is 10.1. The number of aliphatic hydroxyl groups excluding tert-OH is 1. The fraction of sp³-hybridized carbons (Fsp3) is 0.273. The Bertz CT molecular complexity index is 842. The number of para-hydroxylation sites is 1. The van der Waals surface area contributed by atoms with Gasteiger partial charge in [-0.1, -0.05) is 42.5 Å². The molecule has 1 amide bonds. The van der Waals surface area contributed by atoms with E-state index in [2.05, 4.69) is 4.99 Å². The Balaban J connectivity index is 1.88. The minimum absolute atomic E-state index is 0.0463. The second-order valence-electron chi connectivity index (χ2n) is 6.66. The van der Waals surface area contributed by atoms with Crippen molar-refractivity contribution in [3.63, 3.8) is 0 Å². The molecule has 2 aromatic carbocycles. The van der Waals surface area contributed by atoms with Crippen molar-refractivity contribution in [1.29, 1.82) is 0 Å². The van der Waals surface area contributed by atoms with Gasteiger partial charge in [0.2, 0.25) is 0 Å². The maximum absolute atomic E-state index is 13.0. The zero-order chi connectivity index (χ0) is 19.2. The van der Waals surface area contributed by atoms with Gasteiger partial charge >= 0.3 is 0 Å². The maximum Gasteiger partial charge on any atom is 0.271 e. The lowest BCUT2D eigenvalue weighted by Crippen LogP contribution is -2.29. The van der Waals surface area contributed by atoms with Crippen LogP contribution in [0.3, 0.4) is 0 Å². The zero-order valence-electron chi connectivity index (χ0n) is 15.6. The summed E-state index contributed by atoms with van der Waals surface area (Å²) in [5.41, 5.74) is 3.00. The van der Waals surface area contributed by atoms with Gasteiger partial charge in [0.05, 0.1) is 10.6 Å². The first-order chi connectivity index (χ1) is 13.1. The molecule has 1 fully saturated rings. The van der Waals surface area contributed by atoms with E-state index in [1.54, 1.807) is 4.90 Å². The molecule has 140 valence electrons. The minimum Gasteiger partial charge on any atom is -0.396 e. The highest BCUT2D eigenvalue weighted by atomic mass is 32.2. The van der Waals surface area contributed by atoms with Crippen molar-refractivity contribution in [2.24, 2.45) is 4.99 Å². The van der Waals surface area contributed by atoms with Crippen LogP contribution in [0.4, 0.5) is 5.69 Å². The first-order valence-corrected chi connectivity index (χ1v) is 9.97. The number of aryl methyl sites for hydroxylation is 1. The van der Waals surface area contributed by atoms with Gasteiger partial charge in [0, 0.05) is 12.6 Å². The smallest absolute Gasteiger partial charge is 0.271 e. The van der Waals surface area contributed by atoms with Crippen LogP contribution in [0.2, 0.25) is 0 Å². The number of thioether (sulfide) groups is 1. The van der Waals surface area contributed by atoms with Gasteiger partial charge in [0.15, 0.2) is 5.17 Å². The fourth-order valence-corrected chi connectivity index (χ4v) is 3.91. The molecule has 1 heterocycles. The van der Waals surface area contributed by atoms with Gasteiger partial charge in [-0.3, -0.25) is 14.7 Å². The number of rotatable bonds is 6. The molecule has 2 aromatic rings. The molecule has 0 bridgehead atoms. The van der Waals surface area contributed by atoms with Gasteiger partial charge in [-0.05, 0) is 67.8 Å². The van der Waals surface area contributed by atoms with Gasteiger partial charge in [-0.2, -0.15) is 0 Å². The molecule has 3 rings (SSSR count). The van der Waals surface area contributed by atoms with E-state index in [4.69, 9.17) is 5.11 Å². The first kappa shape index (κ1) is 19.4. The number of carbonyl (C=O) groups is 1. The van der Waals surface area contributed by atoms with Crippen LogP contribution in [0.5, 0.6) is 0 Å². The monoisotopic (exact) mass is 380 g/mol. The number of hydrogen-bond acceptors (Lipinski definition) is 4. The van der Waals surface area contributed by atoms with Crippen molar-refractivity contribution in [2.45, 2.75) is 32.7 Å². The summed E-state index contributed by atoms with van der Waals surface area (Å²) in [6.07, 6.45) is 3.53. The Hall–Kier alpha value is -2.37. The first-order valence-electron chi connectivity index (χ1n) is 9.15. The number of amidine groups is 1. The Morgan fingerprint density at radius 3 is 2.44 bits per heavy atom. The molecule has 5 heteroatoms. The molecule has 0 aromatic heterocycles. The number of aliphatic hydroxyl groups is 1. The molecule has 27 heavy (non-hydrogen) atoms. The molecule has 0 atom stereocenters. The molecular weight excluding hydrogens is 356 g/mol. The van der Waals surface area contributed by atoms with Crippen LogP contribution in [-0.4, -0.2) is 28.8 Å². The average Bonchev–Trinajstić information content (AvgIpc) is 2.96. The van der Waals surface area contributed by atoms with E-state index in [0.717, 1.165) is 24.1 Å². The van der Waals surface area contributed by atoms with Crippen LogP contribution >= 0.6 is 11.8 Å². The third-order valence-corrected chi connectivity index (χ3v) is 5.07. The van der Waals surface area contributed by atoms with E-state index in [1.807, 2.05) is 74.5 Å². The van der Waals surface area contributed by atoms with E-state index in [-0.39, 0.29) is 18.6 Å². The van der Waals surface area contributed by atoms with Gasteiger partial charge in [-0.25, -0.2) is 0 Å². The molecule has 4 nitrogen and oxygen atoms in total. The Kier molecular flexibility index (Phi) is 6.48. The molecular formula is C22H24N2O2S. The number of anilines is 1. The van der Waals surface area contributed by atoms with Crippen molar-refractivity contribution in [2.75, 3.05) is 11.5 Å². The van der Waals surface area contributed by atoms with E-state index in [9.17, 15) is 4.79 Å². The highest BCUT2D eigenvalue weighted by molar-refractivity contribution is 8.19. The molecule has 1 aliphatic heterocycles. The van der Waals surface area contributed by atoms with Crippen LogP contribution in [-0.2, 0) is 11.2 Å². The van der Waals surface area contributed by atoms with E-state index < -0.39 is 0 Å². The third-order valence-electron chi connectivity index (χ3n) is 4.09. The summed E-state index contributed by atoms with van der Waals surface area (Å²) in [5.74, 6) is -0.0463. The lowest BCUT2D eigenvalue weighted by Gasteiger charge is -2.16. The Morgan fingerprint density at radius 1 is 1.11 bits per heavy atom. The van der Waals surface area contributed by atoms with E-state index >= 15 is 0 Å². The second kappa shape index (κ2) is 9.02. The maximum atomic E-state index is 13.0. The average molecular weight is 381 g/mol. The number of aliphatic imine (C=N–C) groups is 1. The largest absolute Gasteiger partial charge is 0.396 e. The summed E-state index contributed by atoms with van der Waals surface area (Å²) in [6, 6.07) is 17.9. The topological polar surface area (TPSA) is 52.9 Å². The highest BCUT2D eigenvalue weighted by Crippen LogP contribution is 2.36. The molecule has 1 N–H and O–H groups in total. The van der Waals surface area contributed by atoms with Crippen LogP contribution in [0, 0.1) is 0 Å². The number of nitrogens with zero attached hydrogens (tertiary/aromatic N) is 2. The summed E-state index contributed by atoms with van der Waals surface area (Å²) in [5, 5.41) is 9.66. The summed E-state index contributed by atoms with van der Waals surface area (Å²) in [7, 11) is 0. The summed E-state index contributed by atoms with van der Waals surface area (Å²) in [4.78, 5) is 20.0. The molecule has 1 aliphatic rings. The van der Waals surface area contributed by atoms with E-state index in [0.29, 0.717) is 10.1 Å². The van der Waals surface area contributed by atoms with Gasteiger partial charge in [0.1, 0.15) is 0 Å². The zero-order valence-corrected chi connectivity index (χ0v) is 16.4. The van der Waals surface area contributed by atoms with Crippen LogP contribution < -0.4 is 4.90 Å². The number of amides is 1. The van der Waals surface area contributed by atoms with Crippen molar-refractivity contribution < 1.29 is 9.90 Å². The lowest BCUT2D eigenvalue weighted by molar-refractivity contribution is -0.113. The van der Waals surface area contributed by atoms with Crippen LogP contribution in [0.25, 0.3) is 6.08 Å². The predicted octanol–water partition coefficient (Wildman–Crippen LogP) is 4.50. The van der Waals surface area contributed by atoms with Crippen molar-refractivity contribution >= 4 is 34.6 Å². The standard InChI is InChI=1S/C22H24N2O2S/c1-16(2)23-22-24(19-8-4-3-5-9-19)21(26)20(27-22)15-18-12-10-17(11-13-18)7-6-14-25/h3-5,8-13,15-16,25H,6-7,14H2,1-2H3/b20-15-,23-22?. The normalized spacial score (nSPS) is 17.5. The Labute approximate surface area is 164 Å². The fourth-order valence-electron chi connectivity index (χ4n) is 2.80.